The second kappa shape index (κ2) is 5.95. The summed E-state index contributed by atoms with van der Waals surface area (Å²) in [6.45, 7) is 1.85. The van der Waals surface area contributed by atoms with Crippen LogP contribution in [0.1, 0.15) is 29.5 Å². The van der Waals surface area contributed by atoms with Crippen molar-refractivity contribution in [2.45, 2.75) is 25.4 Å². The first-order valence-electron chi connectivity index (χ1n) is 6.67. The fourth-order valence-corrected chi connectivity index (χ4v) is 2.66. The lowest BCUT2D eigenvalue weighted by Gasteiger charge is -2.29. The van der Waals surface area contributed by atoms with Crippen LogP contribution < -0.4 is 0 Å². The molecule has 0 unspecified atom stereocenters. The molecule has 1 aliphatic rings. The van der Waals surface area contributed by atoms with Crippen molar-refractivity contribution in [3.05, 3.63) is 34.9 Å². The van der Waals surface area contributed by atoms with Crippen molar-refractivity contribution in [2.75, 3.05) is 20.1 Å². The Morgan fingerprint density at radius 1 is 1.30 bits per heavy atom. The highest BCUT2D eigenvalue weighted by atomic mass is 19.4. The van der Waals surface area contributed by atoms with Crippen molar-refractivity contribution in [2.24, 2.45) is 5.92 Å². The molecule has 1 fully saturated rings. The molecular formula is C15H17F3NO. The first kappa shape index (κ1) is 15.0. The predicted molar refractivity (Wildman–Crippen MR) is 70.2 cm³/mol. The number of hydrogen-bond donors (Lipinski definition) is 0. The largest absolute Gasteiger partial charge is 0.416 e. The molecule has 1 aliphatic heterocycles. The smallest absolute Gasteiger partial charge is 0.306 e. The van der Waals surface area contributed by atoms with Crippen LogP contribution in [0.4, 0.5) is 13.2 Å². The molecule has 20 heavy (non-hydrogen) atoms. The van der Waals surface area contributed by atoms with Crippen LogP contribution in [0, 0.1) is 5.92 Å². The van der Waals surface area contributed by atoms with Crippen molar-refractivity contribution >= 4 is 6.29 Å². The lowest BCUT2D eigenvalue weighted by Crippen LogP contribution is -2.31. The number of alkyl halides is 3. The van der Waals surface area contributed by atoms with E-state index in [1.165, 1.54) is 18.4 Å². The Kier molecular flexibility index (Phi) is 4.48. The molecule has 2 rings (SSSR count). The van der Waals surface area contributed by atoms with Crippen LogP contribution in [0.3, 0.4) is 0 Å². The topological polar surface area (TPSA) is 20.3 Å². The molecule has 0 amide bonds. The first-order chi connectivity index (χ1) is 9.40. The van der Waals surface area contributed by atoms with Crippen LogP contribution in [0.15, 0.2) is 18.2 Å². The van der Waals surface area contributed by atoms with E-state index in [0.29, 0.717) is 6.42 Å². The summed E-state index contributed by atoms with van der Waals surface area (Å²) in [7, 11) is 2.02. The van der Waals surface area contributed by atoms with Gasteiger partial charge in [0, 0.05) is 5.56 Å². The van der Waals surface area contributed by atoms with Gasteiger partial charge in [-0.3, -0.25) is 4.79 Å². The van der Waals surface area contributed by atoms with Crippen LogP contribution in [0.2, 0.25) is 0 Å². The SMILES string of the molecule is CN1CCC(Cc2ccc([C]=O)cc2C(F)(F)F)CC1. The minimum atomic E-state index is -4.42. The molecule has 1 aromatic rings. The lowest BCUT2D eigenvalue weighted by molar-refractivity contribution is -0.138. The quantitative estimate of drug-likeness (QED) is 0.850. The van der Waals surface area contributed by atoms with Gasteiger partial charge in [-0.15, -0.1) is 0 Å². The molecule has 1 aromatic carbocycles. The summed E-state index contributed by atoms with van der Waals surface area (Å²) < 4.78 is 39.1. The second-order valence-electron chi connectivity index (χ2n) is 5.42. The summed E-state index contributed by atoms with van der Waals surface area (Å²) >= 11 is 0. The molecule has 1 heterocycles. The highest BCUT2D eigenvalue weighted by molar-refractivity contribution is 5.75. The Morgan fingerprint density at radius 3 is 2.50 bits per heavy atom. The molecule has 0 spiro atoms. The molecule has 109 valence electrons. The zero-order valence-electron chi connectivity index (χ0n) is 11.3. The van der Waals surface area contributed by atoms with Crippen LogP contribution in [-0.2, 0) is 17.4 Å². The van der Waals surface area contributed by atoms with E-state index in [-0.39, 0.29) is 17.0 Å². The normalized spacial score (nSPS) is 18.2. The zero-order chi connectivity index (χ0) is 14.8. The van der Waals surface area contributed by atoms with Crippen molar-refractivity contribution in [3.8, 4) is 0 Å². The van der Waals surface area contributed by atoms with Gasteiger partial charge in [-0.25, -0.2) is 0 Å². The Bertz CT molecular complexity index is 476. The summed E-state index contributed by atoms with van der Waals surface area (Å²) in [6.07, 6.45) is -0.661. The lowest BCUT2D eigenvalue weighted by atomic mass is 9.88. The average Bonchev–Trinajstić information content (AvgIpc) is 2.40. The molecule has 0 N–H and O–H groups in total. The minimum Gasteiger partial charge on any atom is -0.306 e. The number of rotatable bonds is 3. The maximum absolute atomic E-state index is 13.0. The third-order valence-corrected chi connectivity index (χ3v) is 3.88. The fraction of sp³-hybridized carbons (Fsp3) is 0.533. The summed E-state index contributed by atoms with van der Waals surface area (Å²) in [5.41, 5.74) is -0.465. The number of piperidine rings is 1. The molecule has 1 radical (unpaired) electrons. The summed E-state index contributed by atoms with van der Waals surface area (Å²) in [4.78, 5) is 12.7. The Hall–Kier alpha value is -1.36. The maximum Gasteiger partial charge on any atom is 0.416 e. The second-order valence-corrected chi connectivity index (χ2v) is 5.42. The van der Waals surface area contributed by atoms with E-state index >= 15 is 0 Å². The van der Waals surface area contributed by atoms with Crippen molar-refractivity contribution < 1.29 is 18.0 Å². The molecule has 5 heteroatoms. The fourth-order valence-electron chi connectivity index (χ4n) is 2.66. The average molecular weight is 284 g/mol. The number of hydrogen-bond acceptors (Lipinski definition) is 2. The molecule has 0 aliphatic carbocycles. The van der Waals surface area contributed by atoms with Crippen LogP contribution >= 0.6 is 0 Å². The van der Waals surface area contributed by atoms with Crippen LogP contribution in [-0.4, -0.2) is 31.3 Å². The summed E-state index contributed by atoms with van der Waals surface area (Å²) in [5.74, 6) is 0.276. The molecule has 0 atom stereocenters. The van der Waals surface area contributed by atoms with Crippen molar-refractivity contribution in [3.63, 3.8) is 0 Å². The maximum atomic E-state index is 13.0. The van der Waals surface area contributed by atoms with E-state index in [2.05, 4.69) is 4.90 Å². The van der Waals surface area contributed by atoms with Gasteiger partial charge < -0.3 is 4.90 Å². The Balaban J connectivity index is 2.20. The Labute approximate surface area is 116 Å². The highest BCUT2D eigenvalue weighted by Gasteiger charge is 2.34. The molecule has 1 saturated heterocycles. The van der Waals surface area contributed by atoms with Gasteiger partial charge in [-0.1, -0.05) is 12.1 Å². The highest BCUT2D eigenvalue weighted by Crippen LogP contribution is 2.34. The van der Waals surface area contributed by atoms with Crippen LogP contribution in [0.5, 0.6) is 0 Å². The van der Waals surface area contributed by atoms with E-state index in [1.54, 1.807) is 0 Å². The van der Waals surface area contributed by atoms with Gasteiger partial charge in [0.1, 0.15) is 0 Å². The van der Waals surface area contributed by atoms with E-state index < -0.39 is 11.7 Å². The molecule has 0 saturated carbocycles. The predicted octanol–water partition coefficient (Wildman–Crippen LogP) is 3.05. The van der Waals surface area contributed by atoms with Crippen LogP contribution in [0.25, 0.3) is 0 Å². The van der Waals surface area contributed by atoms with Gasteiger partial charge in [0.05, 0.1) is 5.56 Å². The van der Waals surface area contributed by atoms with Gasteiger partial charge in [0.25, 0.3) is 0 Å². The summed E-state index contributed by atoms with van der Waals surface area (Å²) in [6, 6.07) is 3.73. The third kappa shape index (κ3) is 3.60. The van der Waals surface area contributed by atoms with E-state index in [0.717, 1.165) is 32.0 Å². The number of nitrogens with zero attached hydrogens (tertiary/aromatic N) is 1. The van der Waals surface area contributed by atoms with Gasteiger partial charge in [-0.2, -0.15) is 13.2 Å². The Morgan fingerprint density at radius 2 is 1.95 bits per heavy atom. The van der Waals surface area contributed by atoms with Gasteiger partial charge in [-0.05, 0) is 56.9 Å². The number of carbonyl (C=O) groups excluding carboxylic acids is 1. The molecule has 2 nitrogen and oxygen atoms in total. The zero-order valence-corrected chi connectivity index (χ0v) is 11.3. The molecule has 0 bridgehead atoms. The monoisotopic (exact) mass is 284 g/mol. The van der Waals surface area contributed by atoms with E-state index in [1.807, 2.05) is 7.05 Å². The number of halogens is 3. The van der Waals surface area contributed by atoms with E-state index in [9.17, 15) is 18.0 Å². The molecule has 0 aromatic heterocycles. The number of benzene rings is 1. The van der Waals surface area contributed by atoms with Crippen molar-refractivity contribution in [1.29, 1.82) is 0 Å². The van der Waals surface area contributed by atoms with Gasteiger partial charge in [0.2, 0.25) is 6.29 Å². The van der Waals surface area contributed by atoms with Gasteiger partial charge in [0.15, 0.2) is 0 Å². The standard InChI is InChI=1S/C15H17F3NO/c1-19-6-4-11(5-7-19)8-13-3-2-12(10-20)9-14(13)15(16,17)18/h2-3,9,11H,4-8H2,1H3. The third-order valence-electron chi connectivity index (χ3n) is 3.88. The van der Waals surface area contributed by atoms with Gasteiger partial charge >= 0.3 is 6.18 Å². The summed E-state index contributed by atoms with van der Waals surface area (Å²) in [5, 5.41) is 0. The van der Waals surface area contributed by atoms with E-state index in [4.69, 9.17) is 0 Å². The number of likely N-dealkylation sites (tertiary alicyclic amines) is 1. The van der Waals surface area contributed by atoms with Crippen molar-refractivity contribution in [1.82, 2.24) is 4.90 Å². The minimum absolute atomic E-state index is 0.0514. The molecular weight excluding hydrogens is 267 g/mol. The first-order valence-corrected chi connectivity index (χ1v) is 6.67.